The van der Waals surface area contributed by atoms with Crippen molar-refractivity contribution in [2.45, 2.75) is 50.7 Å². The number of tetrazole rings is 1. The fraction of sp³-hybridized carbons (Fsp3) is 0.667. The molecule has 0 aliphatic rings. The van der Waals surface area contributed by atoms with Gasteiger partial charge in [0.05, 0.1) is 18.0 Å². The van der Waals surface area contributed by atoms with Crippen LogP contribution in [-0.4, -0.2) is 37.4 Å². The number of hydrogen-bond donors (Lipinski definition) is 1. The summed E-state index contributed by atoms with van der Waals surface area (Å²) >= 11 is 1.54. The van der Waals surface area contributed by atoms with E-state index in [1.165, 1.54) is 0 Å². The maximum Gasteiger partial charge on any atom is 0.209 e. The number of aryl methyl sites for hydroxylation is 1. The van der Waals surface area contributed by atoms with Crippen molar-refractivity contribution in [3.8, 4) is 0 Å². The standard InChI is InChI=1S/C12H20N6OS/c1-9-7-10(19-15-9)8-20-11-14-16-17-18(11)6-5-13-12(2,3)4/h7,13H,5-6,8H2,1-4H3. The fourth-order valence-electron chi connectivity index (χ4n) is 1.60. The van der Waals surface area contributed by atoms with Crippen LogP contribution < -0.4 is 5.32 Å². The summed E-state index contributed by atoms with van der Waals surface area (Å²) in [5.41, 5.74) is 0.980. The zero-order valence-electron chi connectivity index (χ0n) is 12.3. The lowest BCUT2D eigenvalue weighted by atomic mass is 10.1. The Morgan fingerprint density at radius 2 is 2.20 bits per heavy atom. The highest BCUT2D eigenvalue weighted by molar-refractivity contribution is 7.98. The van der Waals surface area contributed by atoms with Crippen LogP contribution in [-0.2, 0) is 12.3 Å². The Bertz CT molecular complexity index is 544. The van der Waals surface area contributed by atoms with Gasteiger partial charge in [-0.15, -0.1) is 5.10 Å². The van der Waals surface area contributed by atoms with Gasteiger partial charge in [0.25, 0.3) is 0 Å². The van der Waals surface area contributed by atoms with Crippen molar-refractivity contribution in [1.29, 1.82) is 0 Å². The lowest BCUT2D eigenvalue weighted by molar-refractivity contribution is 0.390. The van der Waals surface area contributed by atoms with Gasteiger partial charge in [-0.25, -0.2) is 4.68 Å². The Hall–Kier alpha value is -1.41. The quantitative estimate of drug-likeness (QED) is 0.812. The monoisotopic (exact) mass is 296 g/mol. The number of hydrogen-bond acceptors (Lipinski definition) is 7. The van der Waals surface area contributed by atoms with Gasteiger partial charge in [0.15, 0.2) is 0 Å². The van der Waals surface area contributed by atoms with Gasteiger partial charge in [-0.3, -0.25) is 0 Å². The van der Waals surface area contributed by atoms with Gasteiger partial charge in [-0.05, 0) is 38.1 Å². The number of nitrogens with one attached hydrogen (secondary N) is 1. The van der Waals surface area contributed by atoms with Crippen LogP contribution in [0.2, 0.25) is 0 Å². The first-order chi connectivity index (χ1) is 9.44. The van der Waals surface area contributed by atoms with Crippen LogP contribution in [0.15, 0.2) is 15.7 Å². The molecule has 2 aromatic rings. The van der Waals surface area contributed by atoms with E-state index in [1.807, 2.05) is 13.0 Å². The van der Waals surface area contributed by atoms with E-state index in [0.717, 1.165) is 29.7 Å². The highest BCUT2D eigenvalue weighted by atomic mass is 32.2. The summed E-state index contributed by atoms with van der Waals surface area (Å²) in [4.78, 5) is 0. The maximum absolute atomic E-state index is 5.17. The number of thioether (sulfide) groups is 1. The van der Waals surface area contributed by atoms with E-state index in [0.29, 0.717) is 5.75 Å². The molecule has 7 nitrogen and oxygen atoms in total. The average Bonchev–Trinajstić information content (AvgIpc) is 2.94. The Balaban J connectivity index is 1.85. The van der Waals surface area contributed by atoms with Crippen molar-refractivity contribution < 1.29 is 4.52 Å². The second-order valence-corrected chi connectivity index (χ2v) is 6.53. The first-order valence-corrected chi connectivity index (χ1v) is 7.49. The largest absolute Gasteiger partial charge is 0.360 e. The maximum atomic E-state index is 5.17. The van der Waals surface area contributed by atoms with E-state index in [-0.39, 0.29) is 5.54 Å². The van der Waals surface area contributed by atoms with Gasteiger partial charge < -0.3 is 9.84 Å². The molecule has 20 heavy (non-hydrogen) atoms. The summed E-state index contributed by atoms with van der Waals surface area (Å²) in [5.74, 6) is 1.50. The van der Waals surface area contributed by atoms with Crippen LogP contribution in [0, 0.1) is 6.92 Å². The van der Waals surface area contributed by atoms with Gasteiger partial charge in [-0.2, -0.15) is 0 Å². The van der Waals surface area contributed by atoms with Crippen LogP contribution in [0.3, 0.4) is 0 Å². The molecule has 0 aromatic carbocycles. The highest BCUT2D eigenvalue weighted by Gasteiger charge is 2.11. The third kappa shape index (κ3) is 4.61. The molecule has 8 heteroatoms. The zero-order chi connectivity index (χ0) is 14.6. The summed E-state index contributed by atoms with van der Waals surface area (Å²) in [7, 11) is 0. The summed E-state index contributed by atoms with van der Waals surface area (Å²) in [6.07, 6.45) is 0. The molecule has 0 spiro atoms. The minimum atomic E-state index is 0.0959. The molecule has 2 aromatic heterocycles. The van der Waals surface area contributed by atoms with Crippen molar-refractivity contribution in [2.75, 3.05) is 6.54 Å². The van der Waals surface area contributed by atoms with Crippen LogP contribution in [0.25, 0.3) is 0 Å². The van der Waals surface area contributed by atoms with Gasteiger partial charge in [0.1, 0.15) is 5.76 Å². The molecule has 1 N–H and O–H groups in total. The number of aromatic nitrogens is 5. The lowest BCUT2D eigenvalue weighted by Gasteiger charge is -2.20. The van der Waals surface area contributed by atoms with Crippen molar-refractivity contribution in [1.82, 2.24) is 30.7 Å². The van der Waals surface area contributed by atoms with Crippen molar-refractivity contribution in [2.24, 2.45) is 0 Å². The lowest BCUT2D eigenvalue weighted by Crippen LogP contribution is -2.38. The van der Waals surface area contributed by atoms with Gasteiger partial charge in [0, 0.05) is 18.2 Å². The molecule has 0 unspecified atom stereocenters. The second-order valence-electron chi connectivity index (χ2n) is 5.58. The molecule has 2 rings (SSSR count). The first kappa shape index (κ1) is 15.0. The van der Waals surface area contributed by atoms with Gasteiger partial charge in [-0.1, -0.05) is 16.9 Å². The minimum Gasteiger partial charge on any atom is -0.360 e. The molecular weight excluding hydrogens is 276 g/mol. The van der Waals surface area contributed by atoms with E-state index >= 15 is 0 Å². The molecule has 0 radical (unpaired) electrons. The molecule has 0 aliphatic carbocycles. The van der Waals surface area contributed by atoms with Crippen LogP contribution >= 0.6 is 11.8 Å². The molecule has 0 aliphatic heterocycles. The Kier molecular flexibility index (Phi) is 4.77. The number of nitrogens with zero attached hydrogens (tertiary/aromatic N) is 5. The fourth-order valence-corrected chi connectivity index (χ4v) is 2.38. The highest BCUT2D eigenvalue weighted by Crippen LogP contribution is 2.20. The zero-order valence-corrected chi connectivity index (χ0v) is 13.1. The molecular formula is C12H20N6OS. The molecule has 0 amide bonds. The first-order valence-electron chi connectivity index (χ1n) is 6.50. The SMILES string of the molecule is Cc1cc(CSc2nnnn2CCNC(C)(C)C)on1. The predicted octanol–water partition coefficient (Wildman–Crippen LogP) is 1.65. The number of rotatable bonds is 6. The second kappa shape index (κ2) is 6.36. The van der Waals surface area contributed by atoms with Crippen molar-refractivity contribution >= 4 is 11.8 Å². The Labute approximate surface area is 122 Å². The minimum absolute atomic E-state index is 0.0959. The normalized spacial score (nSPS) is 12.0. The Morgan fingerprint density at radius 1 is 1.40 bits per heavy atom. The van der Waals surface area contributed by atoms with Gasteiger partial charge in [0.2, 0.25) is 5.16 Å². The third-order valence-corrected chi connectivity index (χ3v) is 3.48. The van der Waals surface area contributed by atoms with Gasteiger partial charge >= 0.3 is 0 Å². The van der Waals surface area contributed by atoms with E-state index in [1.54, 1.807) is 16.4 Å². The predicted molar refractivity (Wildman–Crippen MR) is 76.4 cm³/mol. The van der Waals surface area contributed by atoms with E-state index in [9.17, 15) is 0 Å². The average molecular weight is 296 g/mol. The van der Waals surface area contributed by atoms with E-state index in [4.69, 9.17) is 4.52 Å². The summed E-state index contributed by atoms with van der Waals surface area (Å²) < 4.78 is 6.97. The Morgan fingerprint density at radius 3 is 2.85 bits per heavy atom. The molecule has 0 bridgehead atoms. The smallest absolute Gasteiger partial charge is 0.209 e. The summed E-state index contributed by atoms with van der Waals surface area (Å²) in [6.45, 7) is 9.86. The van der Waals surface area contributed by atoms with E-state index < -0.39 is 0 Å². The van der Waals surface area contributed by atoms with Crippen molar-refractivity contribution in [3.05, 3.63) is 17.5 Å². The molecule has 110 valence electrons. The summed E-state index contributed by atoms with van der Waals surface area (Å²) in [5, 5.41) is 19.8. The van der Waals surface area contributed by atoms with Crippen molar-refractivity contribution in [3.63, 3.8) is 0 Å². The molecule has 0 saturated heterocycles. The molecule has 2 heterocycles. The van der Waals surface area contributed by atoms with Crippen LogP contribution in [0.4, 0.5) is 0 Å². The van der Waals surface area contributed by atoms with Crippen LogP contribution in [0.1, 0.15) is 32.2 Å². The molecule has 0 saturated carbocycles. The molecule has 0 fully saturated rings. The summed E-state index contributed by atoms with van der Waals surface area (Å²) in [6, 6.07) is 1.92. The topological polar surface area (TPSA) is 81.7 Å². The third-order valence-electron chi connectivity index (χ3n) is 2.50. The molecule has 0 atom stereocenters. The van der Waals surface area contributed by atoms with Crippen LogP contribution in [0.5, 0.6) is 0 Å². The van der Waals surface area contributed by atoms with E-state index in [2.05, 4.69) is 46.8 Å².